The molecule has 9 aromatic rings. The van der Waals surface area contributed by atoms with E-state index in [9.17, 15) is 0 Å². The van der Waals surface area contributed by atoms with E-state index in [-0.39, 0.29) is 17.3 Å². The van der Waals surface area contributed by atoms with Gasteiger partial charge in [-0.25, -0.2) is 0 Å². The van der Waals surface area contributed by atoms with Crippen LogP contribution in [0.2, 0.25) is 0 Å². The van der Waals surface area contributed by atoms with Crippen molar-refractivity contribution in [2.45, 2.75) is 17.3 Å². The second-order valence-electron chi connectivity index (χ2n) is 15.2. The molecular weight excluding hydrogens is 651 g/mol. The fraction of sp³-hybridized carbons (Fsp3) is 0.0566. The van der Waals surface area contributed by atoms with Gasteiger partial charge in [0.05, 0.1) is 22.1 Å². The van der Waals surface area contributed by atoms with Crippen LogP contribution < -0.4 is 0 Å². The minimum absolute atomic E-state index is 0.193. The minimum Gasteiger partial charge on any atom is -0.309 e. The van der Waals surface area contributed by atoms with E-state index < -0.39 is 0 Å². The Morgan fingerprint density at radius 1 is 0.407 bits per heavy atom. The second kappa shape index (κ2) is 11.2. The quantitative estimate of drug-likeness (QED) is 0.174. The first-order chi connectivity index (χ1) is 26.8. The van der Waals surface area contributed by atoms with E-state index in [1.54, 1.807) is 0 Å². The second-order valence-corrected chi connectivity index (χ2v) is 15.2. The molecule has 0 amide bonds. The van der Waals surface area contributed by atoms with Gasteiger partial charge in [-0.15, -0.1) is 0 Å². The molecule has 3 aliphatic rings. The molecule has 0 N–H and O–H groups in total. The van der Waals surface area contributed by atoms with Crippen molar-refractivity contribution in [1.29, 1.82) is 0 Å². The predicted octanol–water partition coefficient (Wildman–Crippen LogP) is 13.2. The normalized spacial score (nSPS) is 18.9. The van der Waals surface area contributed by atoms with Gasteiger partial charge in [0, 0.05) is 28.2 Å². The molecule has 0 saturated carbocycles. The van der Waals surface area contributed by atoms with E-state index in [0.29, 0.717) is 0 Å². The van der Waals surface area contributed by atoms with Crippen LogP contribution in [0, 0.1) is 0 Å². The fourth-order valence-electron chi connectivity index (χ4n) is 10.6. The van der Waals surface area contributed by atoms with Gasteiger partial charge in [0.2, 0.25) is 0 Å². The summed E-state index contributed by atoms with van der Waals surface area (Å²) in [5.41, 5.74) is 19.5. The van der Waals surface area contributed by atoms with Crippen LogP contribution >= 0.6 is 0 Å². The number of rotatable bonds is 4. The highest BCUT2D eigenvalue weighted by atomic mass is 15.0. The van der Waals surface area contributed by atoms with Crippen molar-refractivity contribution in [1.82, 2.24) is 4.57 Å². The summed E-state index contributed by atoms with van der Waals surface area (Å²) < 4.78 is 2.58. The Hall–Kier alpha value is -6.70. The standard InChI is InChI=1S/C53H35N/c1-4-15-34(16-5-1)36-27-29-48-43(31-36)44-32-37(35-17-6-2-7-18-35)28-30-49(44)54(48)50-33-45-40-22-11-13-26-47(40)53(38-19-8-3-9-20-38)46-25-12-10-21-39(46)41-23-14-24-42(50)51(41)52(45)53/h1-33,45,52H. The van der Waals surface area contributed by atoms with Crippen LogP contribution in [0.15, 0.2) is 200 Å². The fourth-order valence-corrected chi connectivity index (χ4v) is 10.6. The molecule has 12 rings (SSSR count). The maximum Gasteiger partial charge on any atom is 0.0541 e. The Bertz CT molecular complexity index is 2890. The number of fused-ring (bicyclic) bond motifs is 9. The molecule has 54 heavy (non-hydrogen) atoms. The molecule has 1 heterocycles. The maximum atomic E-state index is 2.63. The smallest absolute Gasteiger partial charge is 0.0541 e. The highest BCUT2D eigenvalue weighted by Gasteiger charge is 2.59. The lowest BCUT2D eigenvalue weighted by molar-refractivity contribution is 0.481. The van der Waals surface area contributed by atoms with Gasteiger partial charge in [0.1, 0.15) is 0 Å². The summed E-state index contributed by atoms with van der Waals surface area (Å²) in [5, 5.41) is 2.54. The number of allylic oxidation sites excluding steroid dienone is 1. The van der Waals surface area contributed by atoms with Crippen molar-refractivity contribution in [3.63, 3.8) is 0 Å². The first-order valence-electron chi connectivity index (χ1n) is 19.1. The van der Waals surface area contributed by atoms with E-state index in [4.69, 9.17) is 0 Å². The Labute approximate surface area is 315 Å². The molecule has 0 saturated heterocycles. The molecule has 0 radical (unpaired) electrons. The number of aromatic nitrogens is 1. The van der Waals surface area contributed by atoms with E-state index in [2.05, 4.69) is 205 Å². The molecule has 1 heteroatoms. The summed E-state index contributed by atoms with van der Waals surface area (Å²) >= 11 is 0. The van der Waals surface area contributed by atoms with E-state index in [1.165, 1.54) is 94.3 Å². The van der Waals surface area contributed by atoms with Crippen LogP contribution in [-0.4, -0.2) is 4.57 Å². The lowest BCUT2D eigenvalue weighted by Gasteiger charge is -2.47. The van der Waals surface area contributed by atoms with Gasteiger partial charge >= 0.3 is 0 Å². The van der Waals surface area contributed by atoms with Gasteiger partial charge in [-0.1, -0.05) is 176 Å². The Balaban J connectivity index is 1.19. The van der Waals surface area contributed by atoms with Gasteiger partial charge in [0.25, 0.3) is 0 Å². The number of hydrogen-bond acceptors (Lipinski definition) is 0. The molecule has 1 nitrogen and oxygen atoms in total. The Morgan fingerprint density at radius 2 is 0.944 bits per heavy atom. The van der Waals surface area contributed by atoms with Gasteiger partial charge in [0.15, 0.2) is 0 Å². The third-order valence-electron chi connectivity index (χ3n) is 12.7. The first-order valence-corrected chi connectivity index (χ1v) is 19.1. The molecular formula is C53H35N. The Morgan fingerprint density at radius 3 is 1.61 bits per heavy atom. The molecule has 8 aromatic carbocycles. The lowest BCUT2D eigenvalue weighted by atomic mass is 9.55. The van der Waals surface area contributed by atoms with Crippen LogP contribution in [0.3, 0.4) is 0 Å². The highest BCUT2D eigenvalue weighted by Crippen LogP contribution is 2.69. The third-order valence-corrected chi connectivity index (χ3v) is 12.7. The van der Waals surface area contributed by atoms with Crippen molar-refractivity contribution >= 4 is 27.5 Å². The van der Waals surface area contributed by atoms with E-state index in [1.807, 2.05) is 0 Å². The monoisotopic (exact) mass is 685 g/mol. The summed E-state index contributed by atoms with van der Waals surface area (Å²) in [6.45, 7) is 0. The molecule has 3 atom stereocenters. The zero-order valence-corrected chi connectivity index (χ0v) is 29.7. The van der Waals surface area contributed by atoms with Crippen molar-refractivity contribution < 1.29 is 0 Å². The number of benzene rings is 8. The SMILES string of the molecule is C1=C(n2c3ccc(-c4ccccc4)cc3c3cc(-c4ccccc4)ccc32)c2cccc3c2C2C1c1ccccc1C2(c1ccccc1)c1ccccc1-3. The van der Waals surface area contributed by atoms with Crippen LogP contribution in [-0.2, 0) is 5.41 Å². The van der Waals surface area contributed by atoms with E-state index >= 15 is 0 Å². The predicted molar refractivity (Wildman–Crippen MR) is 224 cm³/mol. The Kier molecular flexibility index (Phi) is 6.16. The molecule has 0 spiro atoms. The molecule has 3 unspecified atom stereocenters. The number of hydrogen-bond donors (Lipinski definition) is 0. The largest absolute Gasteiger partial charge is 0.309 e. The summed E-state index contributed by atoms with van der Waals surface area (Å²) in [7, 11) is 0. The molecule has 1 aromatic heterocycles. The summed E-state index contributed by atoms with van der Waals surface area (Å²) in [5.74, 6) is 0.419. The van der Waals surface area contributed by atoms with Gasteiger partial charge in [-0.2, -0.15) is 0 Å². The van der Waals surface area contributed by atoms with Crippen LogP contribution in [0.25, 0.3) is 60.9 Å². The molecule has 0 aliphatic heterocycles. The van der Waals surface area contributed by atoms with Crippen molar-refractivity contribution in [3.05, 3.63) is 234 Å². The average molecular weight is 686 g/mol. The van der Waals surface area contributed by atoms with Crippen LogP contribution in [0.1, 0.15) is 45.2 Å². The van der Waals surface area contributed by atoms with Crippen LogP contribution in [0.5, 0.6) is 0 Å². The van der Waals surface area contributed by atoms with Gasteiger partial charge in [-0.05, 0) is 85.5 Å². The number of nitrogens with zero attached hydrogens (tertiary/aromatic N) is 1. The molecule has 0 fully saturated rings. The van der Waals surface area contributed by atoms with Gasteiger partial charge < -0.3 is 4.57 Å². The van der Waals surface area contributed by atoms with E-state index in [0.717, 1.165) is 0 Å². The maximum absolute atomic E-state index is 2.63. The van der Waals surface area contributed by atoms with Crippen molar-refractivity contribution in [3.8, 4) is 33.4 Å². The zero-order chi connectivity index (χ0) is 35.4. The summed E-state index contributed by atoms with van der Waals surface area (Å²) in [6, 6.07) is 72.6. The van der Waals surface area contributed by atoms with Crippen molar-refractivity contribution in [2.75, 3.05) is 0 Å². The third kappa shape index (κ3) is 3.88. The zero-order valence-electron chi connectivity index (χ0n) is 29.7. The highest BCUT2D eigenvalue weighted by molar-refractivity contribution is 6.13. The summed E-state index contributed by atoms with van der Waals surface area (Å²) in [6.07, 6.45) is 2.63. The summed E-state index contributed by atoms with van der Waals surface area (Å²) in [4.78, 5) is 0. The van der Waals surface area contributed by atoms with Gasteiger partial charge in [-0.3, -0.25) is 0 Å². The molecule has 252 valence electrons. The minimum atomic E-state index is -0.305. The van der Waals surface area contributed by atoms with Crippen LogP contribution in [0.4, 0.5) is 0 Å². The van der Waals surface area contributed by atoms with Crippen molar-refractivity contribution in [2.24, 2.45) is 0 Å². The lowest BCUT2D eigenvalue weighted by Crippen LogP contribution is -2.39. The average Bonchev–Trinajstić information content (AvgIpc) is 3.74. The molecule has 3 aliphatic carbocycles. The first kappa shape index (κ1) is 29.8. The topological polar surface area (TPSA) is 4.93 Å². The molecule has 0 bridgehead atoms.